The van der Waals surface area contributed by atoms with Gasteiger partial charge in [-0.15, -0.1) is 0 Å². The average molecular weight is 285 g/mol. The molecule has 2 aromatic rings. The molecule has 1 aromatic carbocycles. The van der Waals surface area contributed by atoms with Gasteiger partial charge in [0.2, 0.25) is 0 Å². The van der Waals surface area contributed by atoms with Crippen molar-refractivity contribution in [1.29, 1.82) is 0 Å². The molecule has 20 heavy (non-hydrogen) atoms. The highest BCUT2D eigenvalue weighted by Gasteiger charge is 2.15. The van der Waals surface area contributed by atoms with Crippen molar-refractivity contribution in [1.82, 2.24) is 4.98 Å². The van der Waals surface area contributed by atoms with E-state index in [4.69, 9.17) is 18.0 Å². The first-order valence-corrected chi connectivity index (χ1v) is 6.51. The smallest absolute Gasteiger partial charge is 0.276 e. The molecular formula is C15H15N3OS. The van der Waals surface area contributed by atoms with Crippen LogP contribution in [0, 0.1) is 6.92 Å². The zero-order chi connectivity index (χ0) is 14.7. The monoisotopic (exact) mass is 285 g/mol. The van der Waals surface area contributed by atoms with Crippen LogP contribution < -0.4 is 10.6 Å². The maximum absolute atomic E-state index is 12.4. The lowest BCUT2D eigenvalue weighted by atomic mass is 10.2. The fraction of sp³-hybridized carbons (Fsp3) is 0.133. The zero-order valence-corrected chi connectivity index (χ0v) is 12.1. The van der Waals surface area contributed by atoms with Gasteiger partial charge in [-0.05, 0) is 31.2 Å². The van der Waals surface area contributed by atoms with E-state index in [1.807, 2.05) is 37.3 Å². The molecule has 0 radical (unpaired) electrons. The average Bonchev–Trinajstić information content (AvgIpc) is 2.45. The Morgan fingerprint density at radius 2 is 1.95 bits per heavy atom. The first-order chi connectivity index (χ1) is 9.49. The van der Waals surface area contributed by atoms with Crippen LogP contribution in [0.4, 0.5) is 5.69 Å². The molecule has 0 aliphatic heterocycles. The number of rotatable bonds is 3. The highest BCUT2D eigenvalue weighted by Crippen LogP contribution is 2.17. The minimum Gasteiger partial charge on any atom is -0.389 e. The molecule has 0 fully saturated rings. The van der Waals surface area contributed by atoms with Crippen LogP contribution in [0.1, 0.15) is 21.7 Å². The summed E-state index contributed by atoms with van der Waals surface area (Å²) in [7, 11) is 1.70. The summed E-state index contributed by atoms with van der Waals surface area (Å²) >= 11 is 4.95. The SMILES string of the molecule is Cc1cccc(C(=O)N(C)c2cccc(C(N)=S)c2)n1. The van der Waals surface area contributed by atoms with Crippen molar-refractivity contribution in [3.63, 3.8) is 0 Å². The Bertz CT molecular complexity index is 670. The largest absolute Gasteiger partial charge is 0.389 e. The van der Waals surface area contributed by atoms with Gasteiger partial charge in [0.05, 0.1) is 0 Å². The number of carbonyl (C=O) groups excluding carboxylic acids is 1. The van der Waals surface area contributed by atoms with Crippen LogP contribution in [0.5, 0.6) is 0 Å². The number of aryl methyl sites for hydroxylation is 1. The van der Waals surface area contributed by atoms with Gasteiger partial charge >= 0.3 is 0 Å². The molecule has 2 rings (SSSR count). The number of nitrogens with zero attached hydrogens (tertiary/aromatic N) is 2. The number of amides is 1. The second kappa shape index (κ2) is 5.79. The Balaban J connectivity index is 2.31. The molecule has 0 bridgehead atoms. The molecule has 102 valence electrons. The lowest BCUT2D eigenvalue weighted by Gasteiger charge is -2.17. The van der Waals surface area contributed by atoms with Gasteiger partial charge in [-0.3, -0.25) is 4.79 Å². The van der Waals surface area contributed by atoms with E-state index in [0.717, 1.165) is 16.9 Å². The van der Waals surface area contributed by atoms with E-state index < -0.39 is 0 Å². The van der Waals surface area contributed by atoms with Crippen LogP contribution in [-0.2, 0) is 0 Å². The Kier molecular flexibility index (Phi) is 4.10. The summed E-state index contributed by atoms with van der Waals surface area (Å²) in [6.45, 7) is 1.85. The number of thiocarbonyl (C=S) groups is 1. The number of benzene rings is 1. The van der Waals surface area contributed by atoms with Gasteiger partial charge in [0.15, 0.2) is 0 Å². The van der Waals surface area contributed by atoms with Gasteiger partial charge < -0.3 is 10.6 Å². The normalized spacial score (nSPS) is 10.1. The minimum atomic E-state index is -0.172. The molecule has 0 saturated heterocycles. The number of hydrogen-bond donors (Lipinski definition) is 1. The Labute approximate surface area is 123 Å². The highest BCUT2D eigenvalue weighted by molar-refractivity contribution is 7.80. The van der Waals surface area contributed by atoms with Crippen molar-refractivity contribution in [3.05, 3.63) is 59.4 Å². The predicted octanol–water partition coefficient (Wildman–Crippen LogP) is 2.30. The van der Waals surface area contributed by atoms with Crippen LogP contribution in [-0.4, -0.2) is 22.9 Å². The molecule has 0 atom stereocenters. The summed E-state index contributed by atoms with van der Waals surface area (Å²) in [4.78, 5) is 18.5. The van der Waals surface area contributed by atoms with Gasteiger partial charge in [0, 0.05) is 24.0 Å². The molecule has 0 aliphatic carbocycles. The molecule has 1 aromatic heterocycles. The third kappa shape index (κ3) is 3.00. The summed E-state index contributed by atoms with van der Waals surface area (Å²) in [5, 5.41) is 0. The number of anilines is 1. The lowest BCUT2D eigenvalue weighted by Crippen LogP contribution is -2.27. The van der Waals surface area contributed by atoms with E-state index in [9.17, 15) is 4.79 Å². The van der Waals surface area contributed by atoms with Gasteiger partial charge in [0.1, 0.15) is 10.7 Å². The van der Waals surface area contributed by atoms with E-state index in [1.54, 1.807) is 19.2 Å². The van der Waals surface area contributed by atoms with Gasteiger partial charge in [-0.25, -0.2) is 4.98 Å². The molecule has 5 heteroatoms. The quantitative estimate of drug-likeness (QED) is 0.879. The van der Waals surface area contributed by atoms with Crippen molar-refractivity contribution in [3.8, 4) is 0 Å². The Morgan fingerprint density at radius 3 is 2.60 bits per heavy atom. The number of pyridine rings is 1. The minimum absolute atomic E-state index is 0.172. The van der Waals surface area contributed by atoms with E-state index >= 15 is 0 Å². The Hall–Kier alpha value is -2.27. The summed E-state index contributed by atoms with van der Waals surface area (Å²) in [6.07, 6.45) is 0. The molecule has 0 saturated carbocycles. The second-order valence-electron chi connectivity index (χ2n) is 4.44. The topological polar surface area (TPSA) is 59.2 Å². The van der Waals surface area contributed by atoms with Crippen LogP contribution >= 0.6 is 12.2 Å². The van der Waals surface area contributed by atoms with Gasteiger partial charge in [0.25, 0.3) is 5.91 Å². The van der Waals surface area contributed by atoms with Crippen LogP contribution in [0.25, 0.3) is 0 Å². The Morgan fingerprint density at radius 1 is 1.25 bits per heavy atom. The third-order valence-corrected chi connectivity index (χ3v) is 3.17. The van der Waals surface area contributed by atoms with Crippen molar-refractivity contribution in [2.24, 2.45) is 5.73 Å². The molecule has 2 N–H and O–H groups in total. The third-order valence-electron chi connectivity index (χ3n) is 2.93. The van der Waals surface area contributed by atoms with Crippen LogP contribution in [0.2, 0.25) is 0 Å². The van der Waals surface area contributed by atoms with Crippen LogP contribution in [0.3, 0.4) is 0 Å². The van der Waals surface area contributed by atoms with E-state index in [2.05, 4.69) is 4.98 Å². The molecule has 4 nitrogen and oxygen atoms in total. The molecule has 0 unspecified atom stereocenters. The van der Waals surface area contributed by atoms with Crippen molar-refractivity contribution < 1.29 is 4.79 Å². The summed E-state index contributed by atoms with van der Waals surface area (Å²) < 4.78 is 0. The molecule has 1 heterocycles. The molecule has 1 amide bonds. The summed E-state index contributed by atoms with van der Waals surface area (Å²) in [6, 6.07) is 12.6. The van der Waals surface area contributed by atoms with E-state index in [-0.39, 0.29) is 5.91 Å². The number of nitrogens with two attached hydrogens (primary N) is 1. The molecule has 0 aliphatic rings. The van der Waals surface area contributed by atoms with Gasteiger partial charge in [-0.1, -0.05) is 30.4 Å². The zero-order valence-electron chi connectivity index (χ0n) is 11.3. The maximum Gasteiger partial charge on any atom is 0.276 e. The fourth-order valence-electron chi connectivity index (χ4n) is 1.82. The molecular weight excluding hydrogens is 270 g/mol. The summed E-state index contributed by atoms with van der Waals surface area (Å²) in [5.41, 5.74) is 8.28. The standard InChI is InChI=1S/C15H15N3OS/c1-10-5-3-8-13(17-10)15(19)18(2)12-7-4-6-11(9-12)14(16)20/h3-9H,1-2H3,(H2,16,20). The number of aromatic nitrogens is 1. The van der Waals surface area contributed by atoms with E-state index in [0.29, 0.717) is 10.7 Å². The maximum atomic E-state index is 12.4. The highest BCUT2D eigenvalue weighted by atomic mass is 32.1. The molecule has 0 spiro atoms. The predicted molar refractivity (Wildman–Crippen MR) is 84.0 cm³/mol. The van der Waals surface area contributed by atoms with Crippen LogP contribution in [0.15, 0.2) is 42.5 Å². The first-order valence-electron chi connectivity index (χ1n) is 6.10. The lowest BCUT2D eigenvalue weighted by molar-refractivity contribution is 0.0988. The number of carbonyl (C=O) groups is 1. The first kappa shape index (κ1) is 14.1. The van der Waals surface area contributed by atoms with Gasteiger partial charge in [-0.2, -0.15) is 0 Å². The fourth-order valence-corrected chi connectivity index (χ4v) is 1.95. The van der Waals surface area contributed by atoms with Crippen molar-refractivity contribution in [2.45, 2.75) is 6.92 Å². The van der Waals surface area contributed by atoms with E-state index in [1.165, 1.54) is 4.90 Å². The number of hydrogen-bond acceptors (Lipinski definition) is 3. The second-order valence-corrected chi connectivity index (χ2v) is 4.88. The summed E-state index contributed by atoms with van der Waals surface area (Å²) in [5.74, 6) is -0.172. The van der Waals surface area contributed by atoms with Crippen molar-refractivity contribution >= 4 is 28.8 Å². The van der Waals surface area contributed by atoms with Crippen molar-refractivity contribution in [2.75, 3.05) is 11.9 Å².